The topological polar surface area (TPSA) is 199 Å². The van der Waals surface area contributed by atoms with Gasteiger partial charge in [-0.3, -0.25) is 20.1 Å². The molecule has 0 radical (unpaired) electrons. The van der Waals surface area contributed by atoms with Gasteiger partial charge < -0.3 is 17.2 Å². The highest BCUT2D eigenvalue weighted by atomic mass is 19.1. The number of hydrogen-bond acceptors (Lipinski definition) is 11. The summed E-state index contributed by atoms with van der Waals surface area (Å²) < 4.78 is 26.7. The minimum atomic E-state index is -0.599. The van der Waals surface area contributed by atoms with Crippen LogP contribution >= 0.6 is 0 Å². The molecule has 4 aromatic heterocycles. The number of nitrogens with zero attached hydrogens (tertiary/aromatic N) is 7. The van der Waals surface area contributed by atoms with Gasteiger partial charge in [-0.05, 0) is 53.6 Å². The summed E-state index contributed by atoms with van der Waals surface area (Å²) in [6, 6.07) is 12.3. The largest absolute Gasteiger partial charge is 0.397 e. The first-order valence-electron chi connectivity index (χ1n) is 12.7. The molecule has 4 heterocycles. The summed E-state index contributed by atoms with van der Waals surface area (Å²) in [6.45, 7) is 0. The smallest absolute Gasteiger partial charge is 0.293 e. The molecule has 0 saturated heterocycles. The highest BCUT2D eigenvalue weighted by molar-refractivity contribution is 5.87. The van der Waals surface area contributed by atoms with Gasteiger partial charge in [-0.1, -0.05) is 7.43 Å². The SMILES string of the molecule is C.Nc1c(-c2ncccn2)cc(-c2cncc(F)c2)cc1[N+](=O)[O-].Nc1cc(-c2cncc(F)c2)cc(-c2ncccn2)c1N. The third-order valence-electron chi connectivity index (χ3n) is 6.26. The van der Waals surface area contributed by atoms with Crippen molar-refractivity contribution in [1.29, 1.82) is 0 Å². The Morgan fingerprint density at radius 2 is 1.04 bits per heavy atom. The number of halogens is 2. The monoisotopic (exact) mass is 608 g/mol. The Balaban J connectivity index is 0.000000201. The van der Waals surface area contributed by atoms with E-state index in [1.807, 2.05) is 0 Å². The number of rotatable bonds is 5. The Kier molecular flexibility index (Phi) is 9.58. The number of nitrogen functional groups attached to an aromatic ring is 3. The van der Waals surface area contributed by atoms with Crippen molar-refractivity contribution in [3.05, 3.63) is 120 Å². The number of benzene rings is 2. The van der Waals surface area contributed by atoms with Crippen LogP contribution in [-0.4, -0.2) is 34.8 Å². The van der Waals surface area contributed by atoms with Crippen LogP contribution in [0, 0.1) is 21.7 Å². The van der Waals surface area contributed by atoms with E-state index in [2.05, 4.69) is 29.9 Å². The zero-order valence-corrected chi connectivity index (χ0v) is 22.7. The third kappa shape index (κ3) is 7.14. The summed E-state index contributed by atoms with van der Waals surface area (Å²) in [7, 11) is 0. The maximum Gasteiger partial charge on any atom is 0.293 e. The maximum absolute atomic E-state index is 13.4. The summed E-state index contributed by atoms with van der Waals surface area (Å²) in [4.78, 5) is 34.7. The van der Waals surface area contributed by atoms with Crippen LogP contribution in [-0.2, 0) is 0 Å². The van der Waals surface area contributed by atoms with Gasteiger partial charge in [-0.15, -0.1) is 0 Å². The summed E-state index contributed by atoms with van der Waals surface area (Å²) in [5.74, 6) is -0.243. The normalized spacial score (nSPS) is 10.3. The van der Waals surface area contributed by atoms with E-state index in [-0.39, 0.29) is 24.6 Å². The quantitative estimate of drug-likeness (QED) is 0.118. The summed E-state index contributed by atoms with van der Waals surface area (Å²) in [5.41, 5.74) is 21.3. The van der Waals surface area contributed by atoms with Crippen molar-refractivity contribution in [2.45, 2.75) is 7.43 Å². The molecule has 6 aromatic rings. The summed E-state index contributed by atoms with van der Waals surface area (Å²) in [5, 5.41) is 11.3. The van der Waals surface area contributed by atoms with E-state index in [1.54, 1.807) is 48.9 Å². The summed E-state index contributed by atoms with van der Waals surface area (Å²) in [6.07, 6.45) is 11.4. The number of hydrogen-bond donors (Lipinski definition) is 3. The first-order chi connectivity index (χ1) is 21.2. The van der Waals surface area contributed by atoms with E-state index in [1.165, 1.54) is 36.8 Å². The van der Waals surface area contributed by atoms with Crippen LogP contribution in [0.5, 0.6) is 0 Å². The highest BCUT2D eigenvalue weighted by Crippen LogP contribution is 2.37. The second kappa shape index (κ2) is 13.7. The lowest BCUT2D eigenvalue weighted by Gasteiger charge is -2.11. The molecule has 2 aromatic carbocycles. The van der Waals surface area contributed by atoms with Crippen molar-refractivity contribution in [2.75, 3.05) is 17.2 Å². The fourth-order valence-electron chi connectivity index (χ4n) is 4.18. The molecular formula is C31H26F2N10O2. The van der Waals surface area contributed by atoms with Crippen LogP contribution < -0.4 is 17.2 Å². The van der Waals surface area contributed by atoms with Gasteiger partial charge >= 0.3 is 0 Å². The number of nitrogens with two attached hydrogens (primary N) is 3. The molecule has 0 amide bonds. The lowest BCUT2D eigenvalue weighted by Crippen LogP contribution is -2.01. The Hall–Kier alpha value is -6.44. The Bertz CT molecular complexity index is 1960. The molecule has 226 valence electrons. The van der Waals surface area contributed by atoms with E-state index in [9.17, 15) is 18.9 Å². The molecule has 0 fully saturated rings. The van der Waals surface area contributed by atoms with E-state index >= 15 is 0 Å². The molecule has 0 bridgehead atoms. The van der Waals surface area contributed by atoms with Gasteiger partial charge in [0.2, 0.25) is 0 Å². The van der Waals surface area contributed by atoms with Gasteiger partial charge in [0, 0.05) is 65.5 Å². The van der Waals surface area contributed by atoms with Crippen molar-refractivity contribution in [3.63, 3.8) is 0 Å². The van der Waals surface area contributed by atoms with E-state index in [0.29, 0.717) is 50.6 Å². The predicted octanol–water partition coefficient (Wildman–Crippen LogP) is 5.98. The molecule has 0 saturated carbocycles. The number of anilines is 3. The van der Waals surface area contributed by atoms with Gasteiger partial charge in [-0.25, -0.2) is 28.7 Å². The molecule has 0 spiro atoms. The molecule has 0 aliphatic rings. The second-order valence-corrected chi connectivity index (χ2v) is 9.17. The van der Waals surface area contributed by atoms with Crippen molar-refractivity contribution >= 4 is 22.7 Å². The van der Waals surface area contributed by atoms with Gasteiger partial charge in [0.25, 0.3) is 5.69 Å². The molecular weight excluding hydrogens is 582 g/mol. The zero-order valence-electron chi connectivity index (χ0n) is 22.7. The van der Waals surface area contributed by atoms with Gasteiger partial charge in [0.1, 0.15) is 17.3 Å². The van der Waals surface area contributed by atoms with Gasteiger partial charge in [0.15, 0.2) is 11.6 Å². The first-order valence-corrected chi connectivity index (χ1v) is 12.7. The molecule has 45 heavy (non-hydrogen) atoms. The van der Waals surface area contributed by atoms with Crippen LogP contribution in [0.15, 0.2) is 98.1 Å². The molecule has 0 aliphatic carbocycles. The second-order valence-electron chi connectivity index (χ2n) is 9.17. The Morgan fingerprint density at radius 3 is 1.49 bits per heavy atom. The minimum absolute atomic E-state index is 0. The Morgan fingerprint density at radius 1 is 0.600 bits per heavy atom. The average molecular weight is 609 g/mol. The fourth-order valence-corrected chi connectivity index (χ4v) is 4.18. The van der Waals surface area contributed by atoms with Crippen LogP contribution in [0.25, 0.3) is 45.0 Å². The number of nitro benzene ring substituents is 1. The highest BCUT2D eigenvalue weighted by Gasteiger charge is 2.20. The molecule has 0 unspecified atom stereocenters. The zero-order chi connectivity index (χ0) is 31.2. The average Bonchev–Trinajstić information content (AvgIpc) is 3.03. The first kappa shape index (κ1) is 31.5. The van der Waals surface area contributed by atoms with Crippen molar-refractivity contribution in [2.24, 2.45) is 0 Å². The predicted molar refractivity (Wildman–Crippen MR) is 168 cm³/mol. The Labute approximate surface area is 255 Å². The molecule has 12 nitrogen and oxygen atoms in total. The number of nitro groups is 1. The minimum Gasteiger partial charge on any atom is -0.397 e. The van der Waals surface area contributed by atoms with Crippen molar-refractivity contribution < 1.29 is 13.7 Å². The lowest BCUT2D eigenvalue weighted by atomic mass is 10.0. The van der Waals surface area contributed by atoms with Crippen LogP contribution in [0.4, 0.5) is 31.5 Å². The molecule has 6 rings (SSSR count). The van der Waals surface area contributed by atoms with Crippen molar-refractivity contribution in [1.82, 2.24) is 29.9 Å². The summed E-state index contributed by atoms with van der Waals surface area (Å²) >= 11 is 0. The van der Waals surface area contributed by atoms with Crippen LogP contribution in [0.1, 0.15) is 7.43 Å². The van der Waals surface area contributed by atoms with Crippen LogP contribution in [0.2, 0.25) is 0 Å². The molecule has 0 atom stereocenters. The molecule has 0 aliphatic heterocycles. The van der Waals surface area contributed by atoms with E-state index < -0.39 is 16.6 Å². The van der Waals surface area contributed by atoms with Gasteiger partial charge in [-0.2, -0.15) is 0 Å². The number of pyridine rings is 2. The third-order valence-corrected chi connectivity index (χ3v) is 6.26. The van der Waals surface area contributed by atoms with Crippen molar-refractivity contribution in [3.8, 4) is 45.0 Å². The molecule has 6 N–H and O–H groups in total. The number of aromatic nitrogens is 6. The van der Waals surface area contributed by atoms with E-state index in [4.69, 9.17) is 17.2 Å². The standard InChI is InChI=1S/C15H10FN5O2.C15H12FN5.CH4/c16-11-4-10(7-18-8-11)9-5-12(15-19-2-1-3-20-15)14(17)13(6-9)21(22)23;16-11-4-10(7-19-8-11)9-5-12(14(18)13(17)6-9)15-20-2-1-3-21-15;/h1-8H,17H2;1-8H,17-18H2;1H4. The fraction of sp³-hybridized carbons (Fsp3) is 0.0323. The molecule has 14 heteroatoms. The lowest BCUT2D eigenvalue weighted by molar-refractivity contribution is -0.383. The maximum atomic E-state index is 13.4. The van der Waals surface area contributed by atoms with E-state index in [0.717, 1.165) is 12.4 Å². The van der Waals surface area contributed by atoms with Crippen LogP contribution in [0.3, 0.4) is 0 Å². The van der Waals surface area contributed by atoms with Gasteiger partial charge in [0.05, 0.1) is 28.7 Å².